The van der Waals surface area contributed by atoms with Gasteiger partial charge in [0.05, 0.1) is 21.4 Å². The molecular formula is C13H13N3S2. The SMILES string of the molecule is CC(NCc1cscn1)c1cnc2ccsc2c1. The molecule has 0 amide bonds. The van der Waals surface area contributed by atoms with E-state index in [0.717, 1.165) is 17.8 Å². The minimum Gasteiger partial charge on any atom is -0.304 e. The second-order valence-electron chi connectivity index (χ2n) is 4.15. The van der Waals surface area contributed by atoms with Gasteiger partial charge in [-0.25, -0.2) is 4.98 Å². The molecule has 0 aliphatic rings. The Hall–Kier alpha value is -1.30. The van der Waals surface area contributed by atoms with Gasteiger partial charge in [-0.05, 0) is 30.0 Å². The van der Waals surface area contributed by atoms with Crippen LogP contribution in [0.3, 0.4) is 0 Å². The summed E-state index contributed by atoms with van der Waals surface area (Å²) in [6.07, 6.45) is 1.95. The predicted molar refractivity (Wildman–Crippen MR) is 77.0 cm³/mol. The number of nitrogens with zero attached hydrogens (tertiary/aromatic N) is 2. The quantitative estimate of drug-likeness (QED) is 0.790. The Balaban J connectivity index is 1.72. The summed E-state index contributed by atoms with van der Waals surface area (Å²) in [5, 5.41) is 7.62. The lowest BCUT2D eigenvalue weighted by molar-refractivity contribution is 0.568. The number of pyridine rings is 1. The molecule has 1 unspecified atom stereocenters. The van der Waals surface area contributed by atoms with E-state index in [4.69, 9.17) is 0 Å². The first kappa shape index (κ1) is 11.8. The predicted octanol–water partition coefficient (Wildman–Crippen LogP) is 3.60. The van der Waals surface area contributed by atoms with Gasteiger partial charge in [-0.2, -0.15) is 0 Å². The number of fused-ring (bicyclic) bond motifs is 1. The van der Waals surface area contributed by atoms with Crippen LogP contribution >= 0.6 is 22.7 Å². The molecule has 0 spiro atoms. The Morgan fingerprint density at radius 2 is 2.33 bits per heavy atom. The summed E-state index contributed by atoms with van der Waals surface area (Å²) in [7, 11) is 0. The molecule has 5 heteroatoms. The van der Waals surface area contributed by atoms with Gasteiger partial charge in [-0.1, -0.05) is 0 Å². The fourth-order valence-corrected chi connectivity index (χ4v) is 3.15. The molecule has 0 aliphatic carbocycles. The molecule has 18 heavy (non-hydrogen) atoms. The van der Waals surface area contributed by atoms with E-state index >= 15 is 0 Å². The van der Waals surface area contributed by atoms with Gasteiger partial charge in [0, 0.05) is 24.2 Å². The molecule has 1 N–H and O–H groups in total. The summed E-state index contributed by atoms with van der Waals surface area (Å²) in [6.45, 7) is 2.95. The zero-order valence-corrected chi connectivity index (χ0v) is 11.6. The average molecular weight is 275 g/mol. The molecule has 3 heterocycles. The normalized spacial score (nSPS) is 12.9. The number of hydrogen-bond donors (Lipinski definition) is 1. The lowest BCUT2D eigenvalue weighted by Crippen LogP contribution is -2.18. The number of hydrogen-bond acceptors (Lipinski definition) is 5. The second-order valence-corrected chi connectivity index (χ2v) is 5.82. The van der Waals surface area contributed by atoms with Crippen LogP contribution in [0.25, 0.3) is 10.2 Å². The monoisotopic (exact) mass is 275 g/mol. The van der Waals surface area contributed by atoms with Gasteiger partial charge in [-0.3, -0.25) is 4.98 Å². The molecule has 92 valence electrons. The van der Waals surface area contributed by atoms with Crippen molar-refractivity contribution in [3.8, 4) is 0 Å². The molecule has 0 radical (unpaired) electrons. The first-order valence-electron chi connectivity index (χ1n) is 5.76. The summed E-state index contributed by atoms with van der Waals surface area (Å²) in [5.74, 6) is 0. The van der Waals surface area contributed by atoms with Gasteiger partial charge in [0.2, 0.25) is 0 Å². The fourth-order valence-electron chi connectivity index (χ4n) is 1.80. The molecule has 3 aromatic rings. The first-order chi connectivity index (χ1) is 8.83. The zero-order valence-electron chi connectivity index (χ0n) is 9.96. The van der Waals surface area contributed by atoms with Gasteiger partial charge in [0.15, 0.2) is 0 Å². The maximum absolute atomic E-state index is 4.46. The minimum atomic E-state index is 0.283. The van der Waals surface area contributed by atoms with Crippen molar-refractivity contribution in [2.75, 3.05) is 0 Å². The Kier molecular flexibility index (Phi) is 3.36. The van der Waals surface area contributed by atoms with Crippen LogP contribution < -0.4 is 5.32 Å². The second kappa shape index (κ2) is 5.14. The molecule has 3 rings (SSSR count). The van der Waals surface area contributed by atoms with Crippen molar-refractivity contribution in [3.05, 3.63) is 45.9 Å². The number of nitrogens with one attached hydrogen (secondary N) is 1. The summed E-state index contributed by atoms with van der Waals surface area (Å²) in [6, 6.07) is 4.55. The highest BCUT2D eigenvalue weighted by Gasteiger charge is 2.07. The van der Waals surface area contributed by atoms with Crippen molar-refractivity contribution in [2.45, 2.75) is 19.5 Å². The van der Waals surface area contributed by atoms with E-state index in [1.54, 1.807) is 22.7 Å². The van der Waals surface area contributed by atoms with Crippen LogP contribution in [-0.2, 0) is 6.54 Å². The molecular weight excluding hydrogens is 262 g/mol. The van der Waals surface area contributed by atoms with Gasteiger partial charge >= 0.3 is 0 Å². The summed E-state index contributed by atoms with van der Waals surface area (Å²) in [5.41, 5.74) is 5.26. The van der Waals surface area contributed by atoms with Gasteiger partial charge in [0.1, 0.15) is 0 Å². The van der Waals surface area contributed by atoms with E-state index in [1.807, 2.05) is 11.7 Å². The molecule has 1 atom stereocenters. The maximum atomic E-state index is 4.46. The largest absolute Gasteiger partial charge is 0.304 e. The van der Waals surface area contributed by atoms with Crippen LogP contribution in [0.5, 0.6) is 0 Å². The summed E-state index contributed by atoms with van der Waals surface area (Å²) < 4.78 is 1.25. The van der Waals surface area contributed by atoms with E-state index in [1.165, 1.54) is 10.3 Å². The van der Waals surface area contributed by atoms with Crippen LogP contribution in [0.1, 0.15) is 24.2 Å². The standard InChI is InChI=1S/C13H13N3S2/c1-9(14-6-11-7-17-8-16-11)10-4-13-12(15-5-10)2-3-18-13/h2-5,7-9,14H,6H2,1H3. The van der Waals surface area contributed by atoms with Crippen molar-refractivity contribution >= 4 is 32.9 Å². The smallest absolute Gasteiger partial charge is 0.0809 e. The molecule has 3 nitrogen and oxygen atoms in total. The van der Waals surface area contributed by atoms with E-state index in [9.17, 15) is 0 Å². The maximum Gasteiger partial charge on any atom is 0.0809 e. The van der Waals surface area contributed by atoms with Crippen LogP contribution in [0.2, 0.25) is 0 Å². The topological polar surface area (TPSA) is 37.8 Å². The molecule has 0 aromatic carbocycles. The summed E-state index contributed by atoms with van der Waals surface area (Å²) in [4.78, 5) is 8.73. The Bertz CT molecular complexity index is 631. The summed E-state index contributed by atoms with van der Waals surface area (Å²) >= 11 is 3.36. The molecule has 0 aliphatic heterocycles. The van der Waals surface area contributed by atoms with Crippen molar-refractivity contribution in [1.29, 1.82) is 0 Å². The third kappa shape index (κ3) is 2.43. The zero-order chi connectivity index (χ0) is 12.4. The van der Waals surface area contributed by atoms with Crippen molar-refractivity contribution in [1.82, 2.24) is 15.3 Å². The van der Waals surface area contributed by atoms with Crippen LogP contribution in [0.15, 0.2) is 34.6 Å². The van der Waals surface area contributed by atoms with Gasteiger partial charge in [0.25, 0.3) is 0 Å². The highest BCUT2D eigenvalue weighted by molar-refractivity contribution is 7.17. The highest BCUT2D eigenvalue weighted by Crippen LogP contribution is 2.22. The number of aromatic nitrogens is 2. The lowest BCUT2D eigenvalue weighted by Gasteiger charge is -2.12. The molecule has 0 fully saturated rings. The van der Waals surface area contributed by atoms with Crippen LogP contribution in [0.4, 0.5) is 0 Å². The lowest BCUT2D eigenvalue weighted by atomic mass is 10.1. The van der Waals surface area contributed by atoms with Gasteiger partial charge < -0.3 is 5.32 Å². The number of thiazole rings is 1. The van der Waals surface area contributed by atoms with Gasteiger partial charge in [-0.15, -0.1) is 22.7 Å². The average Bonchev–Trinajstić information content (AvgIpc) is 3.05. The molecule has 0 saturated carbocycles. The Labute approximate surface area is 114 Å². The van der Waals surface area contributed by atoms with E-state index in [2.05, 4.69) is 45.1 Å². The third-order valence-electron chi connectivity index (χ3n) is 2.90. The van der Waals surface area contributed by atoms with E-state index in [0.29, 0.717) is 0 Å². The van der Waals surface area contributed by atoms with Crippen molar-refractivity contribution in [3.63, 3.8) is 0 Å². The number of thiophene rings is 1. The van der Waals surface area contributed by atoms with E-state index < -0.39 is 0 Å². The Morgan fingerprint density at radius 1 is 1.39 bits per heavy atom. The Morgan fingerprint density at radius 3 is 3.17 bits per heavy atom. The molecule has 0 saturated heterocycles. The van der Waals surface area contributed by atoms with Crippen LogP contribution in [0, 0.1) is 0 Å². The minimum absolute atomic E-state index is 0.283. The highest BCUT2D eigenvalue weighted by atomic mass is 32.1. The van der Waals surface area contributed by atoms with Crippen LogP contribution in [-0.4, -0.2) is 9.97 Å². The van der Waals surface area contributed by atoms with E-state index in [-0.39, 0.29) is 6.04 Å². The third-order valence-corrected chi connectivity index (χ3v) is 4.39. The molecule has 3 aromatic heterocycles. The van der Waals surface area contributed by atoms with Crippen molar-refractivity contribution in [2.24, 2.45) is 0 Å². The molecule has 0 bridgehead atoms. The van der Waals surface area contributed by atoms with Crippen molar-refractivity contribution < 1.29 is 0 Å². The fraction of sp³-hybridized carbons (Fsp3) is 0.231. The first-order valence-corrected chi connectivity index (χ1v) is 7.59. The number of rotatable bonds is 4.